The van der Waals surface area contributed by atoms with Crippen molar-refractivity contribution in [1.82, 2.24) is 29.7 Å². The number of H-pyrrole nitrogens is 2. The smallest absolute Gasteiger partial charge is 0.411 e. The van der Waals surface area contributed by atoms with E-state index in [1.165, 1.54) is 4.90 Å². The summed E-state index contributed by atoms with van der Waals surface area (Å²) in [6.07, 6.45) is 3.44. The van der Waals surface area contributed by atoms with E-state index >= 15 is 0 Å². The average molecular weight is 643 g/mol. The van der Waals surface area contributed by atoms with Gasteiger partial charge in [0.2, 0.25) is 0 Å². The third-order valence-corrected chi connectivity index (χ3v) is 8.88. The second-order valence-corrected chi connectivity index (χ2v) is 13.7. The van der Waals surface area contributed by atoms with Gasteiger partial charge in [-0.2, -0.15) is 0 Å². The molecular formula is C38H38N6O4. The Kier molecular flexibility index (Phi) is 7.66. The van der Waals surface area contributed by atoms with Crippen molar-refractivity contribution in [1.29, 1.82) is 0 Å². The number of aromatic amines is 2. The predicted octanol–water partition coefficient (Wildman–Crippen LogP) is 8.51. The van der Waals surface area contributed by atoms with E-state index in [0.29, 0.717) is 37.6 Å². The number of rotatable bonds is 5. The molecule has 3 aromatic carbocycles. The molecule has 2 fully saturated rings. The highest BCUT2D eigenvalue weighted by Gasteiger charge is 2.37. The first-order chi connectivity index (χ1) is 22.9. The predicted molar refractivity (Wildman–Crippen MR) is 185 cm³/mol. The first-order valence-electron chi connectivity index (χ1n) is 16.0. The Hall–Kier alpha value is -5.64. The van der Waals surface area contributed by atoms with Crippen molar-refractivity contribution in [2.45, 2.75) is 51.3 Å². The minimum absolute atomic E-state index is 0.249. The van der Waals surface area contributed by atoms with Gasteiger partial charge in [0.1, 0.15) is 17.2 Å². The van der Waals surface area contributed by atoms with Crippen LogP contribution in [-0.2, 0) is 4.74 Å². The highest BCUT2D eigenvalue weighted by Crippen LogP contribution is 2.37. The maximum Gasteiger partial charge on any atom is 0.411 e. The summed E-state index contributed by atoms with van der Waals surface area (Å²) in [5.41, 5.74) is 7.14. The number of benzene rings is 3. The number of fused-ring (bicyclic) bond motifs is 1. The number of carboxylic acid groups (broad SMARTS) is 1. The van der Waals surface area contributed by atoms with E-state index in [1.54, 1.807) is 11.1 Å². The molecule has 48 heavy (non-hydrogen) atoms. The van der Waals surface area contributed by atoms with Crippen molar-refractivity contribution < 1.29 is 19.4 Å². The van der Waals surface area contributed by atoms with Gasteiger partial charge in [0.25, 0.3) is 0 Å². The number of amides is 2. The van der Waals surface area contributed by atoms with Crippen LogP contribution in [0.5, 0.6) is 0 Å². The minimum atomic E-state index is -0.970. The summed E-state index contributed by atoms with van der Waals surface area (Å²) in [6, 6.07) is 20.4. The Balaban J connectivity index is 1.07. The van der Waals surface area contributed by atoms with E-state index in [-0.39, 0.29) is 18.2 Å². The summed E-state index contributed by atoms with van der Waals surface area (Å²) in [4.78, 5) is 43.6. The molecule has 5 aromatic rings. The SMILES string of the molecule is C=C1C[C@@H](c2ncc(-c3ccc(-c4ccc5cc(-c6cnc([C@@H]7CC(=C)CN7C(=O)OC(C)(C)C)[nH]6)ccc5c4)cc3)[nH]2)N(C(=O)O)C1. The third-order valence-electron chi connectivity index (χ3n) is 8.88. The number of carbonyl (C=O) groups excluding carboxylic acids is 1. The molecule has 0 bridgehead atoms. The molecule has 0 spiro atoms. The summed E-state index contributed by atoms with van der Waals surface area (Å²) in [6.45, 7) is 14.4. The lowest BCUT2D eigenvalue weighted by molar-refractivity contribution is 0.0222. The van der Waals surface area contributed by atoms with Crippen LogP contribution in [0.15, 0.2) is 97.4 Å². The second-order valence-electron chi connectivity index (χ2n) is 13.7. The molecule has 2 amide bonds. The van der Waals surface area contributed by atoms with E-state index in [9.17, 15) is 14.7 Å². The van der Waals surface area contributed by atoms with Gasteiger partial charge in [0.05, 0.1) is 35.9 Å². The molecule has 4 heterocycles. The molecular weight excluding hydrogens is 604 g/mol. The zero-order valence-corrected chi connectivity index (χ0v) is 27.3. The second kappa shape index (κ2) is 11.9. The number of nitrogens with one attached hydrogen (secondary N) is 2. The molecule has 0 saturated carbocycles. The summed E-state index contributed by atoms with van der Waals surface area (Å²) < 4.78 is 5.64. The van der Waals surface area contributed by atoms with Crippen LogP contribution in [0, 0.1) is 0 Å². The number of carbonyl (C=O) groups is 2. The monoisotopic (exact) mass is 642 g/mol. The molecule has 7 rings (SSSR count). The van der Waals surface area contributed by atoms with Crippen LogP contribution in [0.4, 0.5) is 9.59 Å². The van der Waals surface area contributed by atoms with Gasteiger partial charge in [-0.1, -0.05) is 72.8 Å². The van der Waals surface area contributed by atoms with Crippen molar-refractivity contribution in [2.24, 2.45) is 0 Å². The molecule has 0 radical (unpaired) electrons. The van der Waals surface area contributed by atoms with E-state index < -0.39 is 11.7 Å². The van der Waals surface area contributed by atoms with Crippen LogP contribution in [0.3, 0.4) is 0 Å². The minimum Gasteiger partial charge on any atom is -0.465 e. The maximum absolute atomic E-state index is 12.9. The van der Waals surface area contributed by atoms with E-state index in [0.717, 1.165) is 55.6 Å². The van der Waals surface area contributed by atoms with Crippen LogP contribution >= 0.6 is 0 Å². The van der Waals surface area contributed by atoms with Crippen molar-refractivity contribution in [3.63, 3.8) is 0 Å². The lowest BCUT2D eigenvalue weighted by Gasteiger charge is -2.27. The zero-order chi connectivity index (χ0) is 33.7. The van der Waals surface area contributed by atoms with E-state index in [2.05, 4.69) is 81.6 Å². The third kappa shape index (κ3) is 6.09. The van der Waals surface area contributed by atoms with Gasteiger partial charge < -0.3 is 19.8 Å². The fourth-order valence-corrected chi connectivity index (χ4v) is 6.54. The van der Waals surface area contributed by atoms with Gasteiger partial charge in [0.15, 0.2) is 0 Å². The van der Waals surface area contributed by atoms with Crippen LogP contribution in [-0.4, -0.2) is 65.7 Å². The summed E-state index contributed by atoms with van der Waals surface area (Å²) in [5.74, 6) is 1.34. The number of hydrogen-bond acceptors (Lipinski definition) is 5. The Labute approximate surface area is 278 Å². The molecule has 0 unspecified atom stereocenters. The fourth-order valence-electron chi connectivity index (χ4n) is 6.54. The van der Waals surface area contributed by atoms with Crippen LogP contribution in [0.2, 0.25) is 0 Å². The zero-order valence-electron chi connectivity index (χ0n) is 27.3. The first-order valence-corrected chi connectivity index (χ1v) is 16.0. The van der Waals surface area contributed by atoms with Crippen LogP contribution in [0.25, 0.3) is 44.4 Å². The van der Waals surface area contributed by atoms with E-state index in [4.69, 9.17) is 4.74 Å². The Bertz CT molecular complexity index is 2070. The number of nitrogens with zero attached hydrogens (tertiary/aromatic N) is 4. The molecule has 2 aromatic heterocycles. The molecule has 244 valence electrons. The molecule has 2 atom stereocenters. The van der Waals surface area contributed by atoms with Crippen molar-refractivity contribution in [3.05, 3.63) is 109 Å². The van der Waals surface area contributed by atoms with Gasteiger partial charge >= 0.3 is 12.2 Å². The molecule has 3 N–H and O–H groups in total. The molecule has 2 aliphatic heterocycles. The molecule has 10 nitrogen and oxygen atoms in total. The number of aromatic nitrogens is 4. The lowest BCUT2D eigenvalue weighted by Crippen LogP contribution is -2.36. The van der Waals surface area contributed by atoms with Crippen molar-refractivity contribution in [2.75, 3.05) is 13.1 Å². The fraction of sp³-hybridized carbons (Fsp3) is 0.263. The van der Waals surface area contributed by atoms with Crippen LogP contribution in [0.1, 0.15) is 57.3 Å². The van der Waals surface area contributed by atoms with Gasteiger partial charge in [-0.25, -0.2) is 19.6 Å². The van der Waals surface area contributed by atoms with Crippen molar-refractivity contribution >= 4 is 23.0 Å². The highest BCUT2D eigenvalue weighted by molar-refractivity contribution is 5.90. The average Bonchev–Trinajstić information content (AvgIpc) is 3.86. The Morgan fingerprint density at radius 1 is 0.750 bits per heavy atom. The topological polar surface area (TPSA) is 127 Å². The lowest BCUT2D eigenvalue weighted by atomic mass is 9.98. The van der Waals surface area contributed by atoms with E-state index in [1.807, 2.05) is 39.1 Å². The summed E-state index contributed by atoms with van der Waals surface area (Å²) in [7, 11) is 0. The summed E-state index contributed by atoms with van der Waals surface area (Å²) >= 11 is 0. The highest BCUT2D eigenvalue weighted by atomic mass is 16.6. The Morgan fingerprint density at radius 2 is 1.23 bits per heavy atom. The van der Waals surface area contributed by atoms with Crippen molar-refractivity contribution in [3.8, 4) is 33.6 Å². The van der Waals surface area contributed by atoms with Crippen LogP contribution < -0.4 is 0 Å². The number of hydrogen-bond donors (Lipinski definition) is 3. The summed E-state index contributed by atoms with van der Waals surface area (Å²) in [5, 5.41) is 11.8. The first kappa shape index (κ1) is 31.0. The number of likely N-dealkylation sites (tertiary alicyclic amines) is 2. The normalized spacial score (nSPS) is 18.2. The standard InChI is InChI=1S/C38H38N6O4/c1-22-14-32(43(20-22)36(45)46)34-39-18-30(41-34)25-8-6-24(7-9-25)26-10-11-28-17-29(13-12-27(28)16-26)31-19-40-35(42-31)33-15-23(2)21-44(33)37(47)48-38(3,4)5/h6-13,16-19,32-33H,1-2,14-15,20-21H2,3-5H3,(H,39,41)(H,40,42)(H,45,46)/t32-,33-/m0/s1. The van der Waals surface area contributed by atoms with Gasteiger partial charge in [0, 0.05) is 18.7 Å². The van der Waals surface area contributed by atoms with Gasteiger partial charge in [-0.05, 0) is 73.2 Å². The molecule has 0 aliphatic carbocycles. The molecule has 2 saturated heterocycles. The van der Waals surface area contributed by atoms with Gasteiger partial charge in [-0.3, -0.25) is 9.80 Å². The Morgan fingerprint density at radius 3 is 1.81 bits per heavy atom. The van der Waals surface area contributed by atoms with Gasteiger partial charge in [-0.15, -0.1) is 0 Å². The number of imidazole rings is 2. The largest absolute Gasteiger partial charge is 0.465 e. The molecule has 10 heteroatoms. The molecule has 2 aliphatic rings. The quantitative estimate of drug-likeness (QED) is 0.165. The maximum atomic E-state index is 12.9. The number of ether oxygens (including phenoxy) is 1.